The van der Waals surface area contributed by atoms with Crippen molar-refractivity contribution in [2.75, 3.05) is 13.6 Å². The van der Waals surface area contributed by atoms with E-state index in [1.807, 2.05) is 18.2 Å². The van der Waals surface area contributed by atoms with Crippen molar-refractivity contribution >= 4 is 5.84 Å². The minimum absolute atomic E-state index is 0.161. The van der Waals surface area contributed by atoms with Crippen LogP contribution in [0.5, 0.6) is 0 Å². The Kier molecular flexibility index (Phi) is 6.97. The van der Waals surface area contributed by atoms with Crippen molar-refractivity contribution in [3.63, 3.8) is 0 Å². The van der Waals surface area contributed by atoms with Gasteiger partial charge in [0.2, 0.25) is 0 Å². The Morgan fingerprint density at radius 2 is 2.00 bits per heavy atom. The van der Waals surface area contributed by atoms with E-state index in [0.29, 0.717) is 6.42 Å². The molecule has 0 amide bonds. The van der Waals surface area contributed by atoms with Crippen LogP contribution >= 0.6 is 0 Å². The maximum atomic E-state index is 8.77. The number of nitrogens with zero attached hydrogens (tertiary/aromatic N) is 2. The van der Waals surface area contributed by atoms with Gasteiger partial charge in [-0.05, 0) is 25.6 Å². The van der Waals surface area contributed by atoms with Gasteiger partial charge in [0.05, 0.1) is 0 Å². The number of rotatable bonds is 8. The van der Waals surface area contributed by atoms with Gasteiger partial charge >= 0.3 is 0 Å². The van der Waals surface area contributed by atoms with E-state index in [4.69, 9.17) is 10.9 Å². The van der Waals surface area contributed by atoms with Crippen LogP contribution in [0.2, 0.25) is 0 Å². The second-order valence-electron chi connectivity index (χ2n) is 4.91. The molecular formula is C15H25N3O. The number of unbranched alkanes of at least 4 members (excludes halogenated alkanes) is 2. The Morgan fingerprint density at radius 1 is 1.32 bits per heavy atom. The lowest BCUT2D eigenvalue weighted by molar-refractivity contribution is 0.241. The molecule has 106 valence electrons. The molecule has 1 atom stereocenters. The van der Waals surface area contributed by atoms with Crippen LogP contribution < -0.4 is 5.73 Å². The molecule has 4 heteroatoms. The van der Waals surface area contributed by atoms with E-state index < -0.39 is 0 Å². The third-order valence-corrected chi connectivity index (χ3v) is 3.36. The largest absolute Gasteiger partial charge is 0.409 e. The van der Waals surface area contributed by atoms with E-state index >= 15 is 0 Å². The molecule has 3 N–H and O–H groups in total. The fourth-order valence-corrected chi connectivity index (χ4v) is 2.21. The molecule has 0 fully saturated rings. The zero-order valence-corrected chi connectivity index (χ0v) is 11.9. The van der Waals surface area contributed by atoms with Crippen molar-refractivity contribution in [2.45, 2.75) is 38.6 Å². The van der Waals surface area contributed by atoms with Gasteiger partial charge in [-0.1, -0.05) is 55.3 Å². The number of benzene rings is 1. The van der Waals surface area contributed by atoms with Crippen molar-refractivity contribution < 1.29 is 5.21 Å². The summed E-state index contributed by atoms with van der Waals surface area (Å²) >= 11 is 0. The van der Waals surface area contributed by atoms with Crippen LogP contribution in [0.3, 0.4) is 0 Å². The van der Waals surface area contributed by atoms with Crippen LogP contribution in [-0.2, 0) is 0 Å². The summed E-state index contributed by atoms with van der Waals surface area (Å²) in [4.78, 5) is 2.28. The molecule has 19 heavy (non-hydrogen) atoms. The molecule has 1 aromatic carbocycles. The zero-order chi connectivity index (χ0) is 14.1. The third-order valence-electron chi connectivity index (χ3n) is 3.36. The summed E-state index contributed by atoms with van der Waals surface area (Å²) < 4.78 is 0. The molecule has 0 saturated heterocycles. The summed E-state index contributed by atoms with van der Waals surface area (Å²) in [7, 11) is 2.10. The smallest absolute Gasteiger partial charge is 0.141 e. The van der Waals surface area contributed by atoms with Crippen molar-refractivity contribution in [1.82, 2.24) is 4.90 Å². The normalized spacial score (nSPS) is 13.7. The summed E-state index contributed by atoms with van der Waals surface area (Å²) in [5.41, 5.74) is 6.88. The fourth-order valence-electron chi connectivity index (χ4n) is 2.21. The van der Waals surface area contributed by atoms with E-state index in [1.165, 1.54) is 24.8 Å². The van der Waals surface area contributed by atoms with Gasteiger partial charge in [0.25, 0.3) is 0 Å². The third kappa shape index (κ3) is 5.30. The molecule has 0 aliphatic carbocycles. The van der Waals surface area contributed by atoms with Gasteiger partial charge in [-0.2, -0.15) is 0 Å². The maximum absolute atomic E-state index is 8.77. The van der Waals surface area contributed by atoms with Crippen LogP contribution in [0, 0.1) is 0 Å². The van der Waals surface area contributed by atoms with E-state index in [2.05, 4.69) is 36.2 Å². The van der Waals surface area contributed by atoms with E-state index in [9.17, 15) is 0 Å². The number of nitrogens with two attached hydrogens (primary N) is 1. The van der Waals surface area contributed by atoms with Crippen LogP contribution in [0.1, 0.15) is 44.2 Å². The lowest BCUT2D eigenvalue weighted by Crippen LogP contribution is -2.30. The SMILES string of the molecule is CCCCCN(C)C(CC(N)=NO)c1ccccc1. The summed E-state index contributed by atoms with van der Waals surface area (Å²) in [6.07, 6.45) is 4.16. The fraction of sp³-hybridized carbons (Fsp3) is 0.533. The highest BCUT2D eigenvalue weighted by atomic mass is 16.4. The first-order valence-corrected chi connectivity index (χ1v) is 6.90. The standard InChI is InChI=1S/C15H25N3O/c1-3-4-8-11-18(2)14(12-15(16)17-19)13-9-6-5-7-10-13/h5-7,9-10,14,19H,3-4,8,11-12H2,1-2H3,(H2,16,17). The van der Waals surface area contributed by atoms with E-state index in [-0.39, 0.29) is 11.9 Å². The van der Waals surface area contributed by atoms with Crippen LogP contribution in [0.25, 0.3) is 0 Å². The monoisotopic (exact) mass is 263 g/mol. The van der Waals surface area contributed by atoms with Crippen molar-refractivity contribution in [1.29, 1.82) is 0 Å². The lowest BCUT2D eigenvalue weighted by atomic mass is 10.0. The first kappa shape index (κ1) is 15.5. The Balaban J connectivity index is 2.74. The predicted octanol–water partition coefficient (Wildman–Crippen LogP) is 2.99. The summed E-state index contributed by atoms with van der Waals surface area (Å²) in [5, 5.41) is 11.9. The highest BCUT2D eigenvalue weighted by Gasteiger charge is 2.18. The molecule has 0 aliphatic heterocycles. The Morgan fingerprint density at radius 3 is 2.58 bits per heavy atom. The molecule has 0 radical (unpaired) electrons. The summed E-state index contributed by atoms with van der Waals surface area (Å²) in [6, 6.07) is 10.4. The van der Waals surface area contributed by atoms with Crippen molar-refractivity contribution in [3.05, 3.63) is 35.9 Å². The average Bonchev–Trinajstić information content (AvgIpc) is 2.45. The Bertz CT molecular complexity index is 378. The maximum Gasteiger partial charge on any atom is 0.141 e. The first-order chi connectivity index (χ1) is 9.19. The number of oxime groups is 1. The first-order valence-electron chi connectivity index (χ1n) is 6.90. The molecular weight excluding hydrogens is 238 g/mol. The highest BCUT2D eigenvalue weighted by Crippen LogP contribution is 2.23. The summed E-state index contributed by atoms with van der Waals surface area (Å²) in [5.74, 6) is 0.274. The lowest BCUT2D eigenvalue weighted by Gasteiger charge is -2.28. The van der Waals surface area contributed by atoms with Gasteiger partial charge in [-0.25, -0.2) is 0 Å². The van der Waals surface area contributed by atoms with Crippen LogP contribution in [0.15, 0.2) is 35.5 Å². The van der Waals surface area contributed by atoms with Gasteiger partial charge in [-0.15, -0.1) is 0 Å². The number of amidine groups is 1. The second-order valence-corrected chi connectivity index (χ2v) is 4.91. The second kappa shape index (κ2) is 8.53. The quantitative estimate of drug-likeness (QED) is 0.249. The molecule has 1 unspecified atom stereocenters. The van der Waals surface area contributed by atoms with Crippen LogP contribution in [-0.4, -0.2) is 29.5 Å². The Hall–Kier alpha value is -1.55. The van der Waals surface area contributed by atoms with Gasteiger partial charge < -0.3 is 10.9 Å². The molecule has 0 heterocycles. The highest BCUT2D eigenvalue weighted by molar-refractivity contribution is 5.80. The minimum atomic E-state index is 0.161. The molecule has 1 rings (SSSR count). The molecule has 1 aromatic rings. The molecule has 0 aromatic heterocycles. The molecule has 0 bridgehead atoms. The number of hydrogen-bond acceptors (Lipinski definition) is 3. The van der Waals surface area contributed by atoms with Gasteiger partial charge in [0.1, 0.15) is 5.84 Å². The van der Waals surface area contributed by atoms with Gasteiger partial charge in [0.15, 0.2) is 0 Å². The summed E-state index contributed by atoms with van der Waals surface area (Å²) in [6.45, 7) is 3.22. The molecule has 0 aliphatic rings. The zero-order valence-electron chi connectivity index (χ0n) is 11.9. The molecule has 0 spiro atoms. The van der Waals surface area contributed by atoms with E-state index in [0.717, 1.165) is 6.54 Å². The topological polar surface area (TPSA) is 61.8 Å². The minimum Gasteiger partial charge on any atom is -0.409 e. The van der Waals surface area contributed by atoms with E-state index in [1.54, 1.807) is 0 Å². The van der Waals surface area contributed by atoms with Crippen LogP contribution in [0.4, 0.5) is 0 Å². The molecule has 0 saturated carbocycles. The number of hydrogen-bond donors (Lipinski definition) is 2. The van der Waals surface area contributed by atoms with Crippen molar-refractivity contribution in [2.24, 2.45) is 10.9 Å². The van der Waals surface area contributed by atoms with Gasteiger partial charge in [0, 0.05) is 12.5 Å². The van der Waals surface area contributed by atoms with Crippen molar-refractivity contribution in [3.8, 4) is 0 Å². The predicted molar refractivity (Wildman–Crippen MR) is 79.4 cm³/mol. The van der Waals surface area contributed by atoms with Gasteiger partial charge in [-0.3, -0.25) is 4.90 Å². The average molecular weight is 263 g/mol. The Labute approximate surface area is 115 Å². The molecule has 4 nitrogen and oxygen atoms in total.